The van der Waals surface area contributed by atoms with Crippen LogP contribution in [0.5, 0.6) is 5.75 Å². The van der Waals surface area contributed by atoms with E-state index in [1.807, 2.05) is 81.4 Å². The van der Waals surface area contributed by atoms with E-state index in [-0.39, 0.29) is 13.2 Å². The smallest absolute Gasteiger partial charge is 0.417 e. The molecule has 3 aromatic carbocycles. The van der Waals surface area contributed by atoms with Gasteiger partial charge in [0.25, 0.3) is 5.91 Å². The molecule has 5 rings (SSSR count). The van der Waals surface area contributed by atoms with Crippen LogP contribution < -0.4 is 4.74 Å². The predicted octanol–water partition coefficient (Wildman–Crippen LogP) is 5.92. The summed E-state index contributed by atoms with van der Waals surface area (Å²) in [5.74, 6) is 1.39. The highest BCUT2D eigenvalue weighted by Crippen LogP contribution is 2.32. The fraction of sp³-hybridized carbons (Fsp3) is 0.343. The van der Waals surface area contributed by atoms with E-state index in [2.05, 4.69) is 4.98 Å². The Labute approximate surface area is 257 Å². The average molecular weight is 599 g/mol. The highest BCUT2D eigenvalue weighted by atomic mass is 16.6. The molecule has 1 saturated heterocycles. The van der Waals surface area contributed by atoms with Crippen molar-refractivity contribution in [1.29, 1.82) is 0 Å². The summed E-state index contributed by atoms with van der Waals surface area (Å²) in [5.41, 5.74) is 4.80. The molecule has 0 aliphatic carbocycles. The second-order valence-corrected chi connectivity index (χ2v) is 10.9. The molecule has 4 aromatic rings. The van der Waals surface area contributed by atoms with E-state index < -0.39 is 30.3 Å². The molecule has 0 bridgehead atoms. The van der Waals surface area contributed by atoms with E-state index in [1.165, 1.54) is 0 Å². The first-order valence-electron chi connectivity index (χ1n) is 14.9. The minimum atomic E-state index is -1.31. The minimum Gasteiger partial charge on any atom is -0.493 e. The standard InChI is InChI=1S/C35H38N2O7/c1-5-41-32(34(39)37-28(21-43-35(37)40)20-25-12-8-6-9-13-25)30(38)27-18-22(2)31(23(3)19-27)42-17-16-29-24(4)44-33(36-29)26-14-10-7-11-15-26/h6-15,18-19,28,30,32,38H,5,16-17,20-21H2,1-4H3/t28?,30-,32+/m1/s1. The Morgan fingerprint density at radius 1 is 1.05 bits per heavy atom. The van der Waals surface area contributed by atoms with Gasteiger partial charge >= 0.3 is 6.09 Å². The SMILES string of the molecule is CCO[C@H](C(=O)N1C(=O)OCC1Cc1ccccc1)[C@H](O)c1cc(C)c(OCCc2nc(-c3ccccc3)oc2C)c(C)c1. The number of carbonyl (C=O) groups is 2. The van der Waals surface area contributed by atoms with Crippen LogP contribution in [0, 0.1) is 20.8 Å². The summed E-state index contributed by atoms with van der Waals surface area (Å²) in [6.45, 7) is 8.04. The van der Waals surface area contributed by atoms with Gasteiger partial charge in [-0.1, -0.05) is 48.5 Å². The number of hydrogen-bond donors (Lipinski definition) is 1. The maximum atomic E-state index is 13.7. The Kier molecular flexibility index (Phi) is 9.77. The topological polar surface area (TPSA) is 111 Å². The number of nitrogens with zero attached hydrogens (tertiary/aromatic N) is 2. The van der Waals surface area contributed by atoms with Gasteiger partial charge in [0.2, 0.25) is 5.89 Å². The lowest BCUT2D eigenvalue weighted by molar-refractivity contribution is -0.149. The fourth-order valence-corrected chi connectivity index (χ4v) is 5.55. The summed E-state index contributed by atoms with van der Waals surface area (Å²) in [4.78, 5) is 32.1. The first kappa shape index (κ1) is 31.0. The Morgan fingerprint density at radius 3 is 2.36 bits per heavy atom. The van der Waals surface area contributed by atoms with E-state index in [1.54, 1.807) is 19.1 Å². The molecule has 3 atom stereocenters. The predicted molar refractivity (Wildman–Crippen MR) is 164 cm³/mol. The van der Waals surface area contributed by atoms with Crippen molar-refractivity contribution in [1.82, 2.24) is 9.88 Å². The maximum absolute atomic E-state index is 13.7. The van der Waals surface area contributed by atoms with Gasteiger partial charge in [0.1, 0.15) is 24.2 Å². The van der Waals surface area contributed by atoms with Crippen molar-refractivity contribution < 1.29 is 33.3 Å². The lowest BCUT2D eigenvalue weighted by Gasteiger charge is -2.28. The van der Waals surface area contributed by atoms with Gasteiger partial charge in [-0.3, -0.25) is 4.79 Å². The summed E-state index contributed by atoms with van der Waals surface area (Å²) >= 11 is 0. The number of aryl methyl sites for hydroxylation is 3. The number of aromatic nitrogens is 1. The minimum absolute atomic E-state index is 0.0834. The molecular formula is C35H38N2O7. The number of aliphatic hydroxyl groups excluding tert-OH is 1. The highest BCUT2D eigenvalue weighted by Gasteiger charge is 2.43. The molecule has 1 aliphatic heterocycles. The van der Waals surface area contributed by atoms with Gasteiger partial charge in [-0.15, -0.1) is 0 Å². The molecule has 0 radical (unpaired) electrons. The zero-order valence-corrected chi connectivity index (χ0v) is 25.5. The van der Waals surface area contributed by atoms with E-state index >= 15 is 0 Å². The molecule has 9 nitrogen and oxygen atoms in total. The van der Waals surface area contributed by atoms with Crippen LogP contribution >= 0.6 is 0 Å². The second kappa shape index (κ2) is 13.9. The van der Waals surface area contributed by atoms with Gasteiger partial charge in [0.05, 0.1) is 18.3 Å². The molecule has 1 N–H and O–H groups in total. The molecule has 9 heteroatoms. The zero-order valence-electron chi connectivity index (χ0n) is 25.5. The van der Waals surface area contributed by atoms with Crippen LogP contribution in [0.2, 0.25) is 0 Å². The summed E-state index contributed by atoms with van der Waals surface area (Å²) in [5, 5.41) is 11.4. The monoisotopic (exact) mass is 598 g/mol. The average Bonchev–Trinajstić information content (AvgIpc) is 3.58. The van der Waals surface area contributed by atoms with E-state index in [4.69, 9.17) is 18.6 Å². The van der Waals surface area contributed by atoms with Crippen molar-refractivity contribution >= 4 is 12.0 Å². The number of imide groups is 1. The van der Waals surface area contributed by atoms with Gasteiger partial charge in [-0.05, 0) is 80.6 Å². The van der Waals surface area contributed by atoms with Crippen molar-refractivity contribution in [3.05, 3.63) is 107 Å². The van der Waals surface area contributed by atoms with Crippen molar-refractivity contribution in [3.8, 4) is 17.2 Å². The number of hydrogen-bond acceptors (Lipinski definition) is 8. The first-order valence-corrected chi connectivity index (χ1v) is 14.9. The molecule has 0 spiro atoms. The van der Waals surface area contributed by atoms with Gasteiger partial charge in [0, 0.05) is 18.6 Å². The lowest BCUT2D eigenvalue weighted by Crippen LogP contribution is -2.48. The Bertz CT molecular complexity index is 1560. The number of aliphatic hydroxyl groups is 1. The normalized spacial score (nSPS) is 16.1. The van der Waals surface area contributed by atoms with E-state index in [0.29, 0.717) is 36.7 Å². The summed E-state index contributed by atoms with van der Waals surface area (Å²) in [6, 6.07) is 22.4. The lowest BCUT2D eigenvalue weighted by atomic mass is 9.97. The molecule has 1 unspecified atom stereocenters. The van der Waals surface area contributed by atoms with Crippen molar-refractivity contribution in [2.45, 2.75) is 58.8 Å². The molecule has 1 aliphatic rings. The molecule has 1 fully saturated rings. The van der Waals surface area contributed by atoms with Gasteiger partial charge in [-0.25, -0.2) is 14.7 Å². The van der Waals surface area contributed by atoms with Crippen LogP contribution in [-0.4, -0.2) is 59.0 Å². The first-order chi connectivity index (χ1) is 21.3. The highest BCUT2D eigenvalue weighted by molar-refractivity contribution is 5.96. The Balaban J connectivity index is 1.27. The number of cyclic esters (lactones) is 1. The third-order valence-electron chi connectivity index (χ3n) is 7.71. The second-order valence-electron chi connectivity index (χ2n) is 10.9. The van der Waals surface area contributed by atoms with Crippen LogP contribution in [0.4, 0.5) is 4.79 Å². The van der Waals surface area contributed by atoms with Gasteiger partial charge in [-0.2, -0.15) is 0 Å². The fourth-order valence-electron chi connectivity index (χ4n) is 5.55. The zero-order chi connectivity index (χ0) is 31.2. The molecule has 1 aromatic heterocycles. The van der Waals surface area contributed by atoms with Crippen molar-refractivity contribution in [2.75, 3.05) is 19.8 Å². The molecule has 2 amide bonds. The maximum Gasteiger partial charge on any atom is 0.417 e. The molecule has 230 valence electrons. The van der Waals surface area contributed by atoms with Crippen LogP contribution in [0.1, 0.15) is 46.7 Å². The van der Waals surface area contributed by atoms with Gasteiger partial charge in [0.15, 0.2) is 6.10 Å². The number of amides is 2. The molecule has 44 heavy (non-hydrogen) atoms. The van der Waals surface area contributed by atoms with Crippen molar-refractivity contribution in [3.63, 3.8) is 0 Å². The molecule has 0 saturated carbocycles. The number of ether oxygens (including phenoxy) is 3. The summed E-state index contributed by atoms with van der Waals surface area (Å²) in [7, 11) is 0. The number of rotatable bonds is 12. The van der Waals surface area contributed by atoms with Crippen LogP contribution in [0.15, 0.2) is 77.2 Å². The Morgan fingerprint density at radius 2 is 1.70 bits per heavy atom. The quantitative estimate of drug-likeness (QED) is 0.214. The van der Waals surface area contributed by atoms with Crippen LogP contribution in [0.25, 0.3) is 11.5 Å². The third kappa shape index (κ3) is 6.85. The number of carbonyl (C=O) groups excluding carboxylic acids is 2. The van der Waals surface area contributed by atoms with Crippen molar-refractivity contribution in [2.24, 2.45) is 0 Å². The largest absolute Gasteiger partial charge is 0.493 e. The van der Waals surface area contributed by atoms with Crippen LogP contribution in [0.3, 0.4) is 0 Å². The summed E-state index contributed by atoms with van der Waals surface area (Å²) < 4.78 is 23.0. The molecule has 2 heterocycles. The van der Waals surface area contributed by atoms with Crippen LogP contribution in [-0.2, 0) is 27.1 Å². The van der Waals surface area contributed by atoms with E-state index in [9.17, 15) is 14.7 Å². The molecular weight excluding hydrogens is 560 g/mol. The van der Waals surface area contributed by atoms with E-state index in [0.717, 1.165) is 38.6 Å². The van der Waals surface area contributed by atoms with Gasteiger partial charge < -0.3 is 23.7 Å². The summed E-state index contributed by atoms with van der Waals surface area (Å²) in [6.07, 6.45) is -2.33. The Hall–Kier alpha value is -4.47. The number of oxazole rings is 1. The number of benzene rings is 3. The third-order valence-corrected chi connectivity index (χ3v) is 7.71.